The molecule has 3 aromatic rings. The van der Waals surface area contributed by atoms with Crippen LogP contribution in [0.1, 0.15) is 11.1 Å². The summed E-state index contributed by atoms with van der Waals surface area (Å²) in [5.41, 5.74) is 3.17. The van der Waals surface area contributed by atoms with Crippen LogP contribution in [0.2, 0.25) is 5.02 Å². The summed E-state index contributed by atoms with van der Waals surface area (Å²) in [6.07, 6.45) is 1.59. The molecule has 0 saturated carbocycles. The summed E-state index contributed by atoms with van der Waals surface area (Å²) in [5, 5.41) is 3.61. The lowest BCUT2D eigenvalue weighted by Gasteiger charge is -2.10. The Morgan fingerprint density at radius 2 is 1.81 bits per heavy atom. The molecule has 0 fully saturated rings. The van der Waals surface area contributed by atoms with Crippen molar-refractivity contribution in [2.75, 3.05) is 10.0 Å². The second-order valence-electron chi connectivity index (χ2n) is 5.83. The van der Waals surface area contributed by atoms with Crippen molar-refractivity contribution >= 4 is 33.1 Å². The lowest BCUT2D eigenvalue weighted by molar-refractivity contribution is 0.601. The molecule has 0 amide bonds. The van der Waals surface area contributed by atoms with Crippen molar-refractivity contribution in [1.29, 1.82) is 0 Å². The molecule has 7 heteroatoms. The molecule has 1 aromatic heterocycles. The maximum atomic E-state index is 12.4. The highest BCUT2D eigenvalue weighted by molar-refractivity contribution is 7.92. The Labute approximate surface area is 158 Å². The van der Waals surface area contributed by atoms with Crippen molar-refractivity contribution in [2.45, 2.75) is 18.4 Å². The van der Waals surface area contributed by atoms with Crippen LogP contribution in [-0.2, 0) is 16.6 Å². The zero-order valence-corrected chi connectivity index (χ0v) is 15.7. The summed E-state index contributed by atoms with van der Waals surface area (Å²) in [4.78, 5) is 4.24. The van der Waals surface area contributed by atoms with Gasteiger partial charge in [-0.15, -0.1) is 0 Å². The first kappa shape index (κ1) is 18.2. The van der Waals surface area contributed by atoms with E-state index in [0.717, 1.165) is 11.3 Å². The second-order valence-corrected chi connectivity index (χ2v) is 7.95. The van der Waals surface area contributed by atoms with Gasteiger partial charge in [-0.2, -0.15) is 0 Å². The number of halogens is 1. The van der Waals surface area contributed by atoms with Gasteiger partial charge in [0, 0.05) is 11.6 Å². The van der Waals surface area contributed by atoms with Crippen LogP contribution in [0.25, 0.3) is 0 Å². The van der Waals surface area contributed by atoms with Crippen molar-refractivity contribution in [2.24, 2.45) is 0 Å². The number of sulfonamides is 1. The smallest absolute Gasteiger partial charge is 0.263 e. The number of aryl methyl sites for hydroxylation is 1. The highest BCUT2D eigenvalue weighted by atomic mass is 35.5. The Hall–Kier alpha value is -2.57. The first-order chi connectivity index (χ1) is 12.4. The molecule has 1 heterocycles. The van der Waals surface area contributed by atoms with E-state index in [1.165, 1.54) is 17.7 Å². The molecule has 0 radical (unpaired) electrons. The Morgan fingerprint density at radius 3 is 2.46 bits per heavy atom. The number of nitrogens with one attached hydrogen (secondary N) is 2. The van der Waals surface area contributed by atoms with E-state index < -0.39 is 10.0 Å². The monoisotopic (exact) mass is 387 g/mol. The number of aromatic nitrogens is 1. The van der Waals surface area contributed by atoms with E-state index in [9.17, 15) is 8.42 Å². The Balaban J connectivity index is 1.64. The highest BCUT2D eigenvalue weighted by Crippen LogP contribution is 2.19. The number of pyridine rings is 1. The van der Waals surface area contributed by atoms with E-state index in [2.05, 4.69) is 39.3 Å². The van der Waals surface area contributed by atoms with Crippen LogP contribution in [-0.4, -0.2) is 13.4 Å². The van der Waals surface area contributed by atoms with Gasteiger partial charge >= 0.3 is 0 Å². The molecule has 2 N–H and O–H groups in total. The third-order valence-corrected chi connectivity index (χ3v) is 5.31. The summed E-state index contributed by atoms with van der Waals surface area (Å²) in [5.74, 6) is 0.242. The van der Waals surface area contributed by atoms with Gasteiger partial charge in [-0.25, -0.2) is 13.4 Å². The van der Waals surface area contributed by atoms with Crippen molar-refractivity contribution in [3.8, 4) is 0 Å². The van der Waals surface area contributed by atoms with Crippen LogP contribution in [0.4, 0.5) is 11.5 Å². The van der Waals surface area contributed by atoms with E-state index in [0.29, 0.717) is 11.6 Å². The lowest BCUT2D eigenvalue weighted by atomic mass is 10.1. The molecule has 3 rings (SSSR count). The number of hydrogen-bond donors (Lipinski definition) is 2. The largest absolute Gasteiger partial charge is 0.380 e. The molecule has 0 aliphatic carbocycles. The molecule has 0 aliphatic heterocycles. The van der Waals surface area contributed by atoms with Crippen LogP contribution in [0, 0.1) is 6.92 Å². The lowest BCUT2D eigenvalue weighted by Crippen LogP contribution is -2.14. The molecule has 26 heavy (non-hydrogen) atoms. The van der Waals surface area contributed by atoms with Crippen molar-refractivity contribution < 1.29 is 8.42 Å². The average molecular weight is 388 g/mol. The Kier molecular flexibility index (Phi) is 5.44. The topological polar surface area (TPSA) is 71.1 Å². The van der Waals surface area contributed by atoms with Gasteiger partial charge in [0.25, 0.3) is 10.0 Å². The molecular weight excluding hydrogens is 370 g/mol. The normalized spacial score (nSPS) is 11.2. The van der Waals surface area contributed by atoms with Gasteiger partial charge in [0.15, 0.2) is 0 Å². The van der Waals surface area contributed by atoms with E-state index in [1.54, 1.807) is 30.5 Å². The van der Waals surface area contributed by atoms with E-state index in [4.69, 9.17) is 11.6 Å². The molecule has 0 bridgehead atoms. The summed E-state index contributed by atoms with van der Waals surface area (Å²) >= 11 is 5.85. The summed E-state index contributed by atoms with van der Waals surface area (Å²) in [7, 11) is -3.73. The minimum absolute atomic E-state index is 0.0911. The second kappa shape index (κ2) is 7.76. The summed E-state index contributed by atoms with van der Waals surface area (Å²) in [6, 6.07) is 17.7. The zero-order valence-electron chi connectivity index (χ0n) is 14.1. The predicted molar refractivity (Wildman–Crippen MR) is 105 cm³/mol. The van der Waals surface area contributed by atoms with Crippen molar-refractivity contribution in [3.05, 3.63) is 83.0 Å². The third-order valence-electron chi connectivity index (χ3n) is 3.73. The molecule has 0 spiro atoms. The van der Waals surface area contributed by atoms with Gasteiger partial charge in [0.05, 0.1) is 16.8 Å². The Morgan fingerprint density at radius 1 is 1.04 bits per heavy atom. The number of rotatable bonds is 6. The maximum absolute atomic E-state index is 12.4. The van der Waals surface area contributed by atoms with Gasteiger partial charge < -0.3 is 5.32 Å². The van der Waals surface area contributed by atoms with Crippen LogP contribution in [0.3, 0.4) is 0 Å². The summed E-state index contributed by atoms with van der Waals surface area (Å²) in [6.45, 7) is 2.71. The number of anilines is 2. The molecule has 5 nitrogen and oxygen atoms in total. The molecule has 0 saturated heterocycles. The first-order valence-corrected chi connectivity index (χ1v) is 9.82. The number of benzene rings is 2. The zero-order chi connectivity index (χ0) is 18.6. The molecule has 0 aliphatic rings. The van der Waals surface area contributed by atoms with Crippen LogP contribution in [0.15, 0.2) is 71.8 Å². The summed E-state index contributed by atoms with van der Waals surface area (Å²) < 4.78 is 27.1. The predicted octanol–water partition coefficient (Wildman–Crippen LogP) is 4.46. The van der Waals surface area contributed by atoms with Crippen LogP contribution >= 0.6 is 11.6 Å². The van der Waals surface area contributed by atoms with E-state index in [1.807, 2.05) is 6.92 Å². The first-order valence-electron chi connectivity index (χ1n) is 7.96. The van der Waals surface area contributed by atoms with E-state index >= 15 is 0 Å². The average Bonchev–Trinajstić information content (AvgIpc) is 2.62. The fourth-order valence-electron chi connectivity index (χ4n) is 2.30. The fourth-order valence-corrected chi connectivity index (χ4v) is 3.61. The van der Waals surface area contributed by atoms with Crippen molar-refractivity contribution in [3.63, 3.8) is 0 Å². The highest BCUT2D eigenvalue weighted by Gasteiger charge is 2.15. The van der Waals surface area contributed by atoms with E-state index in [-0.39, 0.29) is 10.7 Å². The SMILES string of the molecule is Cc1ccc(CNc2ccc(NS(=O)(=O)c3cccc(Cl)c3)nc2)cc1. The third kappa shape index (κ3) is 4.74. The van der Waals surface area contributed by atoms with Gasteiger partial charge in [-0.05, 0) is 42.8 Å². The maximum Gasteiger partial charge on any atom is 0.263 e. The van der Waals surface area contributed by atoms with Gasteiger partial charge in [-0.1, -0.05) is 47.5 Å². The molecule has 0 atom stereocenters. The van der Waals surface area contributed by atoms with Crippen molar-refractivity contribution in [1.82, 2.24) is 4.98 Å². The number of nitrogens with zero attached hydrogens (tertiary/aromatic N) is 1. The van der Waals surface area contributed by atoms with Crippen LogP contribution in [0.5, 0.6) is 0 Å². The van der Waals surface area contributed by atoms with Gasteiger partial charge in [0.1, 0.15) is 5.82 Å². The number of hydrogen-bond acceptors (Lipinski definition) is 4. The van der Waals surface area contributed by atoms with Gasteiger partial charge in [0.2, 0.25) is 0 Å². The quantitative estimate of drug-likeness (QED) is 0.655. The molecule has 0 unspecified atom stereocenters. The molecular formula is C19H18ClN3O2S. The molecule has 2 aromatic carbocycles. The standard InChI is InChI=1S/C19H18ClN3O2S/c1-14-5-7-15(8-6-14)12-21-17-9-10-19(22-13-17)23-26(24,25)18-4-2-3-16(20)11-18/h2-11,13,21H,12H2,1H3,(H,22,23). The fraction of sp³-hybridized carbons (Fsp3) is 0.105. The minimum atomic E-state index is -3.73. The van der Waals surface area contributed by atoms with Crippen LogP contribution < -0.4 is 10.0 Å². The molecule has 134 valence electrons. The minimum Gasteiger partial charge on any atom is -0.380 e. The Bertz CT molecular complexity index is 988. The van der Waals surface area contributed by atoms with Gasteiger partial charge in [-0.3, -0.25) is 4.72 Å².